The van der Waals surface area contributed by atoms with E-state index in [1.807, 2.05) is 50.2 Å². The van der Waals surface area contributed by atoms with Gasteiger partial charge < -0.3 is 10.2 Å². The SMILES string of the molecule is Cc1ccc(CN(C(=O)CN(c2ccccc2C)S(C)(=O)=O)C(C)C(=O)NC2CCCCC2)cc1. The number of amides is 2. The van der Waals surface area contributed by atoms with Crippen LogP contribution in [0.4, 0.5) is 5.69 Å². The summed E-state index contributed by atoms with van der Waals surface area (Å²) in [7, 11) is -3.73. The van der Waals surface area contributed by atoms with Gasteiger partial charge in [-0.05, 0) is 50.8 Å². The fourth-order valence-corrected chi connectivity index (χ4v) is 5.39. The molecule has 1 aliphatic carbocycles. The van der Waals surface area contributed by atoms with E-state index in [9.17, 15) is 18.0 Å². The predicted molar refractivity (Wildman–Crippen MR) is 140 cm³/mol. The van der Waals surface area contributed by atoms with Crippen LogP contribution in [0.3, 0.4) is 0 Å². The number of nitrogens with one attached hydrogen (secondary N) is 1. The van der Waals surface area contributed by atoms with Crippen LogP contribution in [0, 0.1) is 13.8 Å². The number of carbonyl (C=O) groups excluding carboxylic acids is 2. The van der Waals surface area contributed by atoms with Gasteiger partial charge in [0.15, 0.2) is 0 Å². The fourth-order valence-electron chi connectivity index (χ4n) is 4.48. The van der Waals surface area contributed by atoms with Crippen LogP contribution >= 0.6 is 0 Å². The first-order valence-electron chi connectivity index (χ1n) is 12.2. The topological polar surface area (TPSA) is 86.8 Å². The van der Waals surface area contributed by atoms with Gasteiger partial charge in [0, 0.05) is 12.6 Å². The van der Waals surface area contributed by atoms with Crippen LogP contribution in [-0.2, 0) is 26.2 Å². The van der Waals surface area contributed by atoms with Gasteiger partial charge in [-0.3, -0.25) is 13.9 Å². The average Bonchev–Trinajstić information content (AvgIpc) is 2.82. The summed E-state index contributed by atoms with van der Waals surface area (Å²) in [6.45, 7) is 5.34. The number of rotatable bonds is 9. The molecule has 0 bridgehead atoms. The number of para-hydroxylation sites is 1. The third kappa shape index (κ3) is 7.31. The highest BCUT2D eigenvalue weighted by Crippen LogP contribution is 2.23. The van der Waals surface area contributed by atoms with E-state index >= 15 is 0 Å². The number of hydrogen-bond acceptors (Lipinski definition) is 4. The lowest BCUT2D eigenvalue weighted by Gasteiger charge is -2.33. The maximum atomic E-state index is 13.6. The molecule has 2 amide bonds. The summed E-state index contributed by atoms with van der Waals surface area (Å²) >= 11 is 0. The van der Waals surface area contributed by atoms with Crippen molar-refractivity contribution in [2.24, 2.45) is 0 Å². The number of benzene rings is 2. The van der Waals surface area contributed by atoms with Crippen LogP contribution < -0.4 is 9.62 Å². The summed E-state index contributed by atoms with van der Waals surface area (Å²) in [5.74, 6) is -0.635. The minimum Gasteiger partial charge on any atom is -0.352 e. The zero-order valence-corrected chi connectivity index (χ0v) is 22.0. The molecule has 0 radical (unpaired) electrons. The molecule has 1 fully saturated rings. The second-order valence-electron chi connectivity index (χ2n) is 9.58. The zero-order valence-electron chi connectivity index (χ0n) is 21.2. The third-order valence-electron chi connectivity index (χ3n) is 6.66. The number of nitrogens with zero attached hydrogens (tertiary/aromatic N) is 2. The molecule has 1 aliphatic rings. The van der Waals surface area contributed by atoms with E-state index in [-0.39, 0.29) is 25.0 Å². The summed E-state index contributed by atoms with van der Waals surface area (Å²) in [6, 6.07) is 14.2. The maximum absolute atomic E-state index is 13.6. The summed E-state index contributed by atoms with van der Waals surface area (Å²) in [5.41, 5.74) is 3.18. The molecule has 0 heterocycles. The van der Waals surface area contributed by atoms with Gasteiger partial charge in [-0.25, -0.2) is 8.42 Å². The van der Waals surface area contributed by atoms with Crippen LogP contribution in [0.15, 0.2) is 48.5 Å². The van der Waals surface area contributed by atoms with Crippen molar-refractivity contribution in [2.75, 3.05) is 17.1 Å². The Morgan fingerprint density at radius 1 is 1.00 bits per heavy atom. The van der Waals surface area contributed by atoms with Crippen LogP contribution in [0.5, 0.6) is 0 Å². The Labute approximate surface area is 209 Å². The Kier molecular flexibility index (Phi) is 8.94. The first kappa shape index (κ1) is 26.7. The highest BCUT2D eigenvalue weighted by atomic mass is 32.2. The molecule has 2 aromatic rings. The van der Waals surface area contributed by atoms with Crippen LogP contribution in [0.2, 0.25) is 0 Å². The van der Waals surface area contributed by atoms with Gasteiger partial charge >= 0.3 is 0 Å². The first-order valence-corrected chi connectivity index (χ1v) is 14.1. The Bertz CT molecular complexity index is 1130. The molecule has 190 valence electrons. The molecular formula is C27H37N3O4S. The average molecular weight is 500 g/mol. The summed E-state index contributed by atoms with van der Waals surface area (Å²) in [6.07, 6.45) is 6.34. The van der Waals surface area contributed by atoms with Crippen molar-refractivity contribution in [2.45, 2.75) is 71.5 Å². The summed E-state index contributed by atoms with van der Waals surface area (Å²) in [5, 5.41) is 3.11. The fraction of sp³-hybridized carbons (Fsp3) is 0.481. The monoisotopic (exact) mass is 499 g/mol. The largest absolute Gasteiger partial charge is 0.352 e. The number of carbonyl (C=O) groups is 2. The van der Waals surface area contributed by atoms with Crippen molar-refractivity contribution >= 4 is 27.5 Å². The van der Waals surface area contributed by atoms with E-state index in [1.54, 1.807) is 19.1 Å². The van der Waals surface area contributed by atoms with E-state index in [1.165, 1.54) is 11.3 Å². The van der Waals surface area contributed by atoms with Gasteiger partial charge in [0.1, 0.15) is 12.6 Å². The van der Waals surface area contributed by atoms with Crippen molar-refractivity contribution < 1.29 is 18.0 Å². The minimum absolute atomic E-state index is 0.120. The van der Waals surface area contributed by atoms with Gasteiger partial charge in [0.05, 0.1) is 11.9 Å². The highest BCUT2D eigenvalue weighted by molar-refractivity contribution is 7.92. The van der Waals surface area contributed by atoms with Crippen molar-refractivity contribution in [3.63, 3.8) is 0 Å². The second-order valence-corrected chi connectivity index (χ2v) is 11.5. The molecule has 8 heteroatoms. The number of hydrogen-bond donors (Lipinski definition) is 1. The highest BCUT2D eigenvalue weighted by Gasteiger charge is 2.31. The molecule has 0 spiro atoms. The Hall–Kier alpha value is -2.87. The Balaban J connectivity index is 1.87. The lowest BCUT2D eigenvalue weighted by Crippen LogP contribution is -2.53. The summed E-state index contributed by atoms with van der Waals surface area (Å²) in [4.78, 5) is 28.3. The van der Waals surface area contributed by atoms with E-state index in [4.69, 9.17) is 0 Å². The number of anilines is 1. The lowest BCUT2D eigenvalue weighted by molar-refractivity contribution is -0.139. The van der Waals surface area contributed by atoms with Crippen molar-refractivity contribution in [1.82, 2.24) is 10.2 Å². The van der Waals surface area contributed by atoms with Crippen molar-refractivity contribution in [1.29, 1.82) is 0 Å². The van der Waals surface area contributed by atoms with Crippen molar-refractivity contribution in [3.05, 3.63) is 65.2 Å². The molecule has 1 N–H and O–H groups in total. The van der Waals surface area contributed by atoms with Crippen LogP contribution in [0.25, 0.3) is 0 Å². The van der Waals surface area contributed by atoms with Crippen LogP contribution in [0.1, 0.15) is 55.7 Å². The Morgan fingerprint density at radius 2 is 1.63 bits per heavy atom. The van der Waals surface area contributed by atoms with Gasteiger partial charge in [0.2, 0.25) is 21.8 Å². The van der Waals surface area contributed by atoms with Crippen molar-refractivity contribution in [3.8, 4) is 0 Å². The number of aryl methyl sites for hydroxylation is 2. The van der Waals surface area contributed by atoms with E-state index < -0.39 is 22.0 Å². The minimum atomic E-state index is -3.73. The number of sulfonamides is 1. The lowest BCUT2D eigenvalue weighted by atomic mass is 9.95. The molecule has 3 rings (SSSR count). The molecule has 0 aliphatic heterocycles. The second kappa shape index (κ2) is 11.7. The normalized spacial score (nSPS) is 15.3. The maximum Gasteiger partial charge on any atom is 0.244 e. The van der Waals surface area contributed by atoms with Crippen LogP contribution in [-0.4, -0.2) is 50.0 Å². The third-order valence-corrected chi connectivity index (χ3v) is 7.78. The molecule has 0 saturated heterocycles. The quantitative estimate of drug-likeness (QED) is 0.566. The summed E-state index contributed by atoms with van der Waals surface area (Å²) < 4.78 is 26.5. The molecule has 0 aromatic heterocycles. The van der Waals surface area contributed by atoms with Gasteiger partial charge in [-0.15, -0.1) is 0 Å². The molecule has 1 atom stereocenters. The molecule has 1 unspecified atom stereocenters. The molecule has 7 nitrogen and oxygen atoms in total. The van der Waals surface area contributed by atoms with E-state index in [0.717, 1.165) is 52.9 Å². The molecule has 35 heavy (non-hydrogen) atoms. The first-order chi connectivity index (χ1) is 16.6. The molecule has 1 saturated carbocycles. The molecule has 2 aromatic carbocycles. The van der Waals surface area contributed by atoms with Gasteiger partial charge in [-0.2, -0.15) is 0 Å². The smallest absolute Gasteiger partial charge is 0.244 e. The predicted octanol–water partition coefficient (Wildman–Crippen LogP) is 3.94. The van der Waals surface area contributed by atoms with Gasteiger partial charge in [-0.1, -0.05) is 67.3 Å². The van der Waals surface area contributed by atoms with E-state index in [2.05, 4.69) is 5.32 Å². The zero-order chi connectivity index (χ0) is 25.6. The van der Waals surface area contributed by atoms with Gasteiger partial charge in [0.25, 0.3) is 0 Å². The van der Waals surface area contributed by atoms with E-state index in [0.29, 0.717) is 5.69 Å². The standard InChI is InChI=1S/C27H37N3O4S/c1-20-14-16-23(17-15-20)18-29(22(3)27(32)28-24-11-6-5-7-12-24)26(31)19-30(35(4,33)34)25-13-9-8-10-21(25)2/h8-10,13-17,22,24H,5-7,11-12,18-19H2,1-4H3,(H,28,32). The Morgan fingerprint density at radius 3 is 2.23 bits per heavy atom. The molecular weight excluding hydrogens is 462 g/mol.